The Morgan fingerprint density at radius 1 is 1.00 bits per heavy atom. The lowest BCUT2D eigenvalue weighted by Crippen LogP contribution is -2.30. The molecule has 4 nitrogen and oxygen atoms in total. The number of sulfonamides is 1. The first kappa shape index (κ1) is 23.5. The molecule has 0 aliphatic rings. The van der Waals surface area contributed by atoms with Crippen molar-refractivity contribution >= 4 is 22.4 Å². The van der Waals surface area contributed by atoms with E-state index in [1.54, 1.807) is 38.1 Å². The molecule has 0 radical (unpaired) electrons. The second-order valence-electron chi connectivity index (χ2n) is 6.01. The summed E-state index contributed by atoms with van der Waals surface area (Å²) in [5.41, 5.74) is 1.54. The minimum atomic E-state index is -3.47. The molecule has 0 aliphatic carbocycles. The highest BCUT2D eigenvalue weighted by Gasteiger charge is 2.21. The van der Waals surface area contributed by atoms with Crippen LogP contribution < -0.4 is 5.32 Å². The summed E-state index contributed by atoms with van der Waals surface area (Å²) in [5, 5.41) is 3.22. The summed E-state index contributed by atoms with van der Waals surface area (Å²) in [6, 6.07) is 10.4. The van der Waals surface area contributed by atoms with E-state index in [2.05, 4.69) is 5.32 Å². The molecule has 0 aliphatic heterocycles. The van der Waals surface area contributed by atoms with Gasteiger partial charge in [-0.2, -0.15) is 4.31 Å². The summed E-state index contributed by atoms with van der Waals surface area (Å²) in [6.07, 6.45) is 0. The molecule has 2 rings (SSSR count). The van der Waals surface area contributed by atoms with E-state index < -0.39 is 21.7 Å². The molecule has 0 spiro atoms. The van der Waals surface area contributed by atoms with Crippen molar-refractivity contribution in [1.29, 1.82) is 0 Å². The Balaban J connectivity index is 0.00000364. The molecule has 1 N–H and O–H groups in total. The van der Waals surface area contributed by atoms with Crippen LogP contribution in [-0.2, 0) is 16.6 Å². The van der Waals surface area contributed by atoms with E-state index >= 15 is 0 Å². The smallest absolute Gasteiger partial charge is 0.243 e. The predicted octanol–water partition coefficient (Wildman–Crippen LogP) is 4.27. The van der Waals surface area contributed by atoms with E-state index in [4.69, 9.17) is 0 Å². The summed E-state index contributed by atoms with van der Waals surface area (Å²) >= 11 is 0. The number of nitrogens with zero attached hydrogens (tertiary/aromatic N) is 1. The summed E-state index contributed by atoms with van der Waals surface area (Å²) in [6.45, 7) is 6.75. The lowest BCUT2D eigenvalue weighted by molar-refractivity contribution is 0.445. The van der Waals surface area contributed by atoms with Crippen molar-refractivity contribution in [1.82, 2.24) is 9.62 Å². The lowest BCUT2D eigenvalue weighted by atomic mass is 10.1. The molecule has 0 saturated heterocycles. The first-order chi connectivity index (χ1) is 12.3. The Morgan fingerprint density at radius 3 is 2.11 bits per heavy atom. The number of hydrogen-bond donors (Lipinski definition) is 1. The molecular formula is C19H25ClF2N2O2S. The highest BCUT2D eigenvalue weighted by Crippen LogP contribution is 2.20. The predicted molar refractivity (Wildman–Crippen MR) is 105 cm³/mol. The van der Waals surface area contributed by atoms with Crippen LogP contribution in [0, 0.1) is 11.6 Å². The monoisotopic (exact) mass is 418 g/mol. The Morgan fingerprint density at radius 2 is 1.59 bits per heavy atom. The van der Waals surface area contributed by atoms with Gasteiger partial charge in [0.25, 0.3) is 0 Å². The number of hydrogen-bond acceptors (Lipinski definition) is 3. The molecule has 8 heteroatoms. The van der Waals surface area contributed by atoms with Gasteiger partial charge in [0.2, 0.25) is 10.0 Å². The highest BCUT2D eigenvalue weighted by molar-refractivity contribution is 7.89. The maximum atomic E-state index is 13.2. The van der Waals surface area contributed by atoms with Crippen molar-refractivity contribution in [3.63, 3.8) is 0 Å². The van der Waals surface area contributed by atoms with Crippen molar-refractivity contribution < 1.29 is 17.2 Å². The summed E-state index contributed by atoms with van der Waals surface area (Å²) in [4.78, 5) is 0.262. The van der Waals surface area contributed by atoms with Gasteiger partial charge >= 0.3 is 0 Å². The van der Waals surface area contributed by atoms with Crippen LogP contribution in [0.5, 0.6) is 0 Å². The van der Waals surface area contributed by atoms with Gasteiger partial charge in [-0.05, 0) is 42.3 Å². The van der Waals surface area contributed by atoms with Gasteiger partial charge in [0.1, 0.15) is 0 Å². The average Bonchev–Trinajstić information content (AvgIpc) is 2.63. The molecule has 0 bridgehead atoms. The summed E-state index contributed by atoms with van der Waals surface area (Å²) in [7, 11) is -3.47. The zero-order valence-corrected chi connectivity index (χ0v) is 17.2. The van der Waals surface area contributed by atoms with Crippen molar-refractivity contribution in [2.75, 3.05) is 13.1 Å². The fraction of sp³-hybridized carbons (Fsp3) is 0.368. The minimum Gasteiger partial charge on any atom is -0.306 e. The van der Waals surface area contributed by atoms with Crippen molar-refractivity contribution in [2.45, 2.75) is 38.3 Å². The van der Waals surface area contributed by atoms with Crippen molar-refractivity contribution in [3.05, 3.63) is 65.2 Å². The van der Waals surface area contributed by atoms with Gasteiger partial charge in [0.15, 0.2) is 11.6 Å². The number of halogens is 3. The minimum absolute atomic E-state index is 0. The van der Waals surface area contributed by atoms with Crippen LogP contribution >= 0.6 is 12.4 Å². The van der Waals surface area contributed by atoms with Crippen LogP contribution in [0.25, 0.3) is 0 Å². The third-order valence-electron chi connectivity index (χ3n) is 4.32. The Hall–Kier alpha value is -1.54. The van der Waals surface area contributed by atoms with Gasteiger partial charge < -0.3 is 5.32 Å². The van der Waals surface area contributed by atoms with Crippen LogP contribution in [0.2, 0.25) is 0 Å². The first-order valence-electron chi connectivity index (χ1n) is 8.57. The van der Waals surface area contributed by atoms with Gasteiger partial charge in [-0.25, -0.2) is 17.2 Å². The maximum absolute atomic E-state index is 13.2. The Labute approximate surface area is 166 Å². The third-order valence-corrected chi connectivity index (χ3v) is 6.38. The molecule has 150 valence electrons. The summed E-state index contributed by atoms with van der Waals surface area (Å²) < 4.78 is 52.6. The van der Waals surface area contributed by atoms with Gasteiger partial charge in [-0.15, -0.1) is 12.4 Å². The molecular weight excluding hydrogens is 394 g/mol. The highest BCUT2D eigenvalue weighted by atomic mass is 35.5. The van der Waals surface area contributed by atoms with Crippen LogP contribution in [0.1, 0.15) is 37.9 Å². The van der Waals surface area contributed by atoms with Crippen molar-refractivity contribution in [3.8, 4) is 0 Å². The maximum Gasteiger partial charge on any atom is 0.243 e. The third kappa shape index (κ3) is 5.72. The molecule has 1 atom stereocenters. The first-order valence-corrected chi connectivity index (χ1v) is 10.0. The standard InChI is InChI=1S/C19H24F2N2O2S.ClH/c1-4-23(5-2)26(24,25)17-9-7-16(8-10-17)14(3)22-13-15-6-11-18(20)19(21)12-15;/h6-12,14,22H,4-5,13H2,1-3H3;1H. The lowest BCUT2D eigenvalue weighted by Gasteiger charge is -2.19. The number of rotatable bonds is 8. The van der Waals surface area contributed by atoms with Crippen LogP contribution in [0.3, 0.4) is 0 Å². The SMILES string of the molecule is CCN(CC)S(=O)(=O)c1ccc(C(C)NCc2ccc(F)c(F)c2)cc1.Cl. The van der Waals surface area contributed by atoms with Crippen LogP contribution in [0.15, 0.2) is 47.4 Å². The molecule has 2 aromatic carbocycles. The Bertz CT molecular complexity index is 841. The largest absolute Gasteiger partial charge is 0.306 e. The van der Waals surface area contributed by atoms with Gasteiger partial charge in [-0.1, -0.05) is 32.0 Å². The molecule has 0 aromatic heterocycles. The summed E-state index contributed by atoms with van der Waals surface area (Å²) in [5.74, 6) is -1.74. The van der Waals surface area contributed by atoms with E-state index in [1.807, 2.05) is 6.92 Å². The molecule has 1 unspecified atom stereocenters. The second-order valence-corrected chi connectivity index (χ2v) is 7.95. The molecule has 0 amide bonds. The molecule has 27 heavy (non-hydrogen) atoms. The fourth-order valence-electron chi connectivity index (χ4n) is 2.68. The van der Waals surface area contributed by atoms with E-state index in [0.29, 0.717) is 25.2 Å². The van der Waals surface area contributed by atoms with Crippen LogP contribution in [-0.4, -0.2) is 25.8 Å². The van der Waals surface area contributed by atoms with Gasteiger partial charge in [0, 0.05) is 25.7 Å². The average molecular weight is 419 g/mol. The molecule has 0 fully saturated rings. The van der Waals surface area contributed by atoms with E-state index in [0.717, 1.165) is 17.7 Å². The fourth-order valence-corrected chi connectivity index (χ4v) is 4.14. The Kier molecular flexibility index (Phi) is 8.81. The van der Waals surface area contributed by atoms with Gasteiger partial charge in [0.05, 0.1) is 4.90 Å². The van der Waals surface area contributed by atoms with Gasteiger partial charge in [-0.3, -0.25) is 0 Å². The van der Waals surface area contributed by atoms with Crippen molar-refractivity contribution in [2.24, 2.45) is 0 Å². The van der Waals surface area contributed by atoms with E-state index in [-0.39, 0.29) is 23.3 Å². The van der Waals surface area contributed by atoms with Crippen LogP contribution in [0.4, 0.5) is 8.78 Å². The second kappa shape index (κ2) is 10.1. The van der Waals surface area contributed by atoms with E-state index in [9.17, 15) is 17.2 Å². The zero-order chi connectivity index (χ0) is 19.3. The quantitative estimate of drug-likeness (QED) is 0.696. The molecule has 2 aromatic rings. The number of nitrogens with one attached hydrogen (secondary N) is 1. The molecule has 0 heterocycles. The van der Waals surface area contributed by atoms with E-state index in [1.165, 1.54) is 10.4 Å². The topological polar surface area (TPSA) is 49.4 Å². The molecule has 0 saturated carbocycles. The normalized spacial score (nSPS) is 12.7. The number of benzene rings is 2. The zero-order valence-electron chi connectivity index (χ0n) is 15.6.